The lowest BCUT2D eigenvalue weighted by atomic mass is 10.2. The number of aryl methyl sites for hydroxylation is 1. The third kappa shape index (κ3) is 2.96. The van der Waals surface area contributed by atoms with Crippen molar-refractivity contribution in [3.05, 3.63) is 17.5 Å². The van der Waals surface area contributed by atoms with Crippen LogP contribution in [0.4, 0.5) is 13.2 Å². The van der Waals surface area contributed by atoms with E-state index in [-0.39, 0.29) is 5.76 Å². The number of nitrogens with one attached hydrogen (secondary N) is 1. The lowest BCUT2D eigenvalue weighted by Gasteiger charge is -2.14. The number of alkyl halides is 3. The van der Waals surface area contributed by atoms with Crippen LogP contribution >= 0.6 is 0 Å². The number of halogens is 3. The van der Waals surface area contributed by atoms with E-state index in [9.17, 15) is 18.0 Å². The van der Waals surface area contributed by atoms with Gasteiger partial charge in [-0.05, 0) is 6.92 Å². The number of aromatic nitrogens is 1. The summed E-state index contributed by atoms with van der Waals surface area (Å²) in [6.07, 6.45) is -6.10. The van der Waals surface area contributed by atoms with Gasteiger partial charge in [0.2, 0.25) is 5.76 Å². The topological polar surface area (TPSA) is 75.4 Å². The summed E-state index contributed by atoms with van der Waals surface area (Å²) in [5.41, 5.74) is 0.402. The van der Waals surface area contributed by atoms with Crippen LogP contribution in [0.15, 0.2) is 10.7 Å². The molecular formula is C8H9F3N2O3. The lowest BCUT2D eigenvalue weighted by Crippen LogP contribution is -2.40. The van der Waals surface area contributed by atoms with Crippen molar-refractivity contribution >= 4 is 5.91 Å². The Kier molecular flexibility index (Phi) is 3.53. The van der Waals surface area contributed by atoms with E-state index in [1.807, 2.05) is 5.32 Å². The van der Waals surface area contributed by atoms with Crippen LogP contribution in [0.5, 0.6) is 0 Å². The fourth-order valence-electron chi connectivity index (χ4n) is 0.895. The first kappa shape index (κ1) is 12.5. The van der Waals surface area contributed by atoms with Crippen LogP contribution in [0, 0.1) is 6.92 Å². The largest absolute Gasteiger partial charge is 0.416 e. The van der Waals surface area contributed by atoms with E-state index in [1.54, 1.807) is 0 Å². The average molecular weight is 238 g/mol. The van der Waals surface area contributed by atoms with Gasteiger partial charge in [-0.3, -0.25) is 4.79 Å². The predicted molar refractivity (Wildman–Crippen MR) is 45.6 cm³/mol. The molecule has 2 N–H and O–H groups in total. The Hall–Kier alpha value is -1.57. The number of carbonyl (C=O) groups is 1. The molecule has 16 heavy (non-hydrogen) atoms. The highest BCUT2D eigenvalue weighted by atomic mass is 19.4. The van der Waals surface area contributed by atoms with E-state index in [2.05, 4.69) is 9.68 Å². The third-order valence-electron chi connectivity index (χ3n) is 1.79. The van der Waals surface area contributed by atoms with Gasteiger partial charge in [-0.2, -0.15) is 13.2 Å². The van der Waals surface area contributed by atoms with Crippen molar-refractivity contribution in [2.45, 2.75) is 19.2 Å². The van der Waals surface area contributed by atoms with Crippen molar-refractivity contribution in [1.29, 1.82) is 0 Å². The molecule has 1 aromatic heterocycles. The summed E-state index contributed by atoms with van der Waals surface area (Å²) in [5, 5.41) is 13.8. The molecule has 0 aliphatic heterocycles. The molecule has 1 atom stereocenters. The summed E-state index contributed by atoms with van der Waals surface area (Å²) in [6.45, 7) is 0.591. The van der Waals surface area contributed by atoms with Crippen molar-refractivity contribution < 1.29 is 27.6 Å². The predicted octanol–water partition coefficient (Wildman–Crippen LogP) is 0.636. The first-order chi connectivity index (χ1) is 7.32. The van der Waals surface area contributed by atoms with Gasteiger partial charge in [0, 0.05) is 5.56 Å². The van der Waals surface area contributed by atoms with Gasteiger partial charge in [-0.15, -0.1) is 0 Å². The highest BCUT2D eigenvalue weighted by Crippen LogP contribution is 2.19. The number of rotatable bonds is 3. The third-order valence-corrected chi connectivity index (χ3v) is 1.79. The molecule has 0 aliphatic carbocycles. The van der Waals surface area contributed by atoms with Gasteiger partial charge >= 0.3 is 6.18 Å². The van der Waals surface area contributed by atoms with Gasteiger partial charge in [0.15, 0.2) is 6.10 Å². The molecule has 0 saturated carbocycles. The highest BCUT2D eigenvalue weighted by Gasteiger charge is 2.38. The van der Waals surface area contributed by atoms with Gasteiger partial charge in [0.1, 0.15) is 0 Å². The summed E-state index contributed by atoms with van der Waals surface area (Å²) >= 11 is 0. The second-order valence-electron chi connectivity index (χ2n) is 3.11. The smallest absolute Gasteiger partial charge is 0.382 e. The van der Waals surface area contributed by atoms with Crippen LogP contribution in [-0.2, 0) is 0 Å². The van der Waals surface area contributed by atoms with Crippen molar-refractivity contribution in [2.24, 2.45) is 0 Å². The van der Waals surface area contributed by atoms with Crippen LogP contribution in [0.2, 0.25) is 0 Å². The molecule has 90 valence electrons. The molecule has 0 saturated heterocycles. The van der Waals surface area contributed by atoms with Crippen LogP contribution in [0.25, 0.3) is 0 Å². The summed E-state index contributed by atoms with van der Waals surface area (Å²) in [4.78, 5) is 11.2. The van der Waals surface area contributed by atoms with Crippen molar-refractivity contribution in [1.82, 2.24) is 10.5 Å². The van der Waals surface area contributed by atoms with Gasteiger partial charge in [0.05, 0.1) is 12.7 Å². The summed E-state index contributed by atoms with van der Waals surface area (Å²) < 4.78 is 40.2. The molecule has 0 bridgehead atoms. The van der Waals surface area contributed by atoms with E-state index in [4.69, 9.17) is 5.11 Å². The molecule has 0 aromatic carbocycles. The molecule has 5 nitrogen and oxygen atoms in total. The number of carbonyl (C=O) groups excluding carboxylic acids is 1. The molecule has 0 fully saturated rings. The maximum Gasteiger partial charge on any atom is 0.416 e. The van der Waals surface area contributed by atoms with E-state index in [0.717, 1.165) is 0 Å². The summed E-state index contributed by atoms with van der Waals surface area (Å²) in [5.74, 6) is -1.02. The molecule has 1 aromatic rings. The van der Waals surface area contributed by atoms with E-state index in [1.165, 1.54) is 13.1 Å². The minimum atomic E-state index is -4.76. The second kappa shape index (κ2) is 4.52. The van der Waals surface area contributed by atoms with E-state index < -0.39 is 24.7 Å². The highest BCUT2D eigenvalue weighted by molar-refractivity contribution is 5.92. The molecule has 1 amide bonds. The van der Waals surface area contributed by atoms with Crippen molar-refractivity contribution in [2.75, 3.05) is 6.54 Å². The molecule has 0 aliphatic rings. The average Bonchev–Trinajstić information content (AvgIpc) is 2.58. The van der Waals surface area contributed by atoms with Crippen molar-refractivity contribution in [3.8, 4) is 0 Å². The molecule has 1 rings (SSSR count). The van der Waals surface area contributed by atoms with Crippen LogP contribution in [-0.4, -0.2) is 35.0 Å². The Morgan fingerprint density at radius 2 is 2.31 bits per heavy atom. The first-order valence-corrected chi connectivity index (χ1v) is 4.26. The number of aliphatic hydroxyl groups excluding tert-OH is 1. The SMILES string of the molecule is Cc1cnoc1C(=O)NCC(O)C(F)(F)F. The Balaban J connectivity index is 2.52. The standard InChI is InChI=1S/C8H9F3N2O3/c1-4-2-13-16-6(4)7(15)12-3-5(14)8(9,10)11/h2,5,14H,3H2,1H3,(H,12,15). The fourth-order valence-corrected chi connectivity index (χ4v) is 0.895. The molecule has 1 heterocycles. The zero-order chi connectivity index (χ0) is 12.3. The zero-order valence-electron chi connectivity index (χ0n) is 8.21. The Morgan fingerprint density at radius 3 is 2.75 bits per heavy atom. The lowest BCUT2D eigenvalue weighted by molar-refractivity contribution is -0.201. The van der Waals surface area contributed by atoms with Crippen molar-refractivity contribution in [3.63, 3.8) is 0 Å². The summed E-state index contributed by atoms with van der Waals surface area (Å²) in [6, 6.07) is 0. The fraction of sp³-hybridized carbons (Fsp3) is 0.500. The van der Waals surface area contributed by atoms with Crippen LogP contribution in [0.1, 0.15) is 16.1 Å². The van der Waals surface area contributed by atoms with Crippen LogP contribution < -0.4 is 5.32 Å². The maximum absolute atomic E-state index is 11.9. The van der Waals surface area contributed by atoms with Crippen LogP contribution in [0.3, 0.4) is 0 Å². The summed E-state index contributed by atoms with van der Waals surface area (Å²) in [7, 11) is 0. The quantitative estimate of drug-likeness (QED) is 0.810. The minimum Gasteiger partial charge on any atom is -0.382 e. The molecule has 0 radical (unpaired) electrons. The van der Waals surface area contributed by atoms with E-state index >= 15 is 0 Å². The molecule has 8 heteroatoms. The zero-order valence-corrected chi connectivity index (χ0v) is 8.21. The monoisotopic (exact) mass is 238 g/mol. The van der Waals surface area contributed by atoms with Gasteiger partial charge < -0.3 is 14.9 Å². The maximum atomic E-state index is 11.9. The van der Waals surface area contributed by atoms with Gasteiger partial charge in [-0.25, -0.2) is 0 Å². The number of aliphatic hydroxyl groups is 1. The molecule has 1 unspecified atom stereocenters. The second-order valence-corrected chi connectivity index (χ2v) is 3.11. The number of nitrogens with zero attached hydrogens (tertiary/aromatic N) is 1. The minimum absolute atomic E-state index is 0.172. The molecule has 0 spiro atoms. The number of amides is 1. The first-order valence-electron chi connectivity index (χ1n) is 4.26. The van der Waals surface area contributed by atoms with E-state index in [0.29, 0.717) is 5.56 Å². The number of hydrogen-bond acceptors (Lipinski definition) is 4. The Bertz CT molecular complexity index is 375. The van der Waals surface area contributed by atoms with Gasteiger partial charge in [-0.1, -0.05) is 5.16 Å². The molecular weight excluding hydrogens is 229 g/mol. The number of hydrogen-bond donors (Lipinski definition) is 2. The van der Waals surface area contributed by atoms with Gasteiger partial charge in [0.25, 0.3) is 5.91 Å². The normalized spacial score (nSPS) is 13.6. The Morgan fingerprint density at radius 1 is 1.69 bits per heavy atom. The Labute approximate surface area is 88.2 Å².